The van der Waals surface area contributed by atoms with Crippen LogP contribution in [0.3, 0.4) is 0 Å². The molecule has 24 heavy (non-hydrogen) atoms. The number of halogens is 1. The number of nitrogens with zero attached hydrogens (tertiary/aromatic N) is 1. The molecule has 0 amide bonds. The topological polar surface area (TPSA) is 72.2 Å². The molecule has 0 atom stereocenters. The minimum atomic E-state index is -3.66. The third-order valence-electron chi connectivity index (χ3n) is 4.68. The minimum Gasteiger partial charge on any atom is -0.439 e. The zero-order chi connectivity index (χ0) is 17.8. The van der Waals surface area contributed by atoms with Crippen LogP contribution in [0.25, 0.3) is 11.1 Å². The van der Waals surface area contributed by atoms with Gasteiger partial charge in [-0.2, -0.15) is 0 Å². The summed E-state index contributed by atoms with van der Waals surface area (Å²) in [6, 6.07) is 3.30. The summed E-state index contributed by atoms with van der Waals surface area (Å²) in [4.78, 5) is 4.54. The molecule has 0 aliphatic carbocycles. The zero-order valence-electron chi connectivity index (χ0n) is 14.4. The van der Waals surface area contributed by atoms with Crippen LogP contribution >= 0.6 is 11.6 Å². The highest BCUT2D eigenvalue weighted by molar-refractivity contribution is 7.93. The van der Waals surface area contributed by atoms with Crippen LogP contribution in [-0.4, -0.2) is 31.2 Å². The molecule has 1 fully saturated rings. The molecule has 0 radical (unpaired) electrons. The van der Waals surface area contributed by atoms with Crippen molar-refractivity contribution < 1.29 is 12.8 Å². The van der Waals surface area contributed by atoms with E-state index < -0.39 is 14.6 Å². The number of aromatic nitrogens is 1. The van der Waals surface area contributed by atoms with Crippen molar-refractivity contribution >= 4 is 32.5 Å². The second-order valence-corrected chi connectivity index (χ2v) is 10.5. The van der Waals surface area contributed by atoms with Gasteiger partial charge in [-0.05, 0) is 45.0 Å². The minimum absolute atomic E-state index is 0.0778. The molecule has 0 bridgehead atoms. The van der Waals surface area contributed by atoms with Gasteiger partial charge in [-0.3, -0.25) is 0 Å². The Morgan fingerprint density at radius 2 is 1.88 bits per heavy atom. The van der Waals surface area contributed by atoms with Gasteiger partial charge in [0.15, 0.2) is 15.4 Å². The quantitative estimate of drug-likeness (QED) is 0.872. The van der Waals surface area contributed by atoms with E-state index in [4.69, 9.17) is 16.0 Å². The predicted molar refractivity (Wildman–Crippen MR) is 95.4 cm³/mol. The first kappa shape index (κ1) is 17.7. The summed E-state index contributed by atoms with van der Waals surface area (Å²) in [7, 11) is -3.66. The maximum absolute atomic E-state index is 13.4. The van der Waals surface area contributed by atoms with Crippen molar-refractivity contribution in [2.45, 2.75) is 55.6 Å². The van der Waals surface area contributed by atoms with E-state index in [1.807, 2.05) is 20.8 Å². The molecule has 1 saturated heterocycles. The summed E-state index contributed by atoms with van der Waals surface area (Å²) in [5.41, 5.74) is 0.484. The summed E-state index contributed by atoms with van der Waals surface area (Å²) in [5.74, 6) is 0.506. The van der Waals surface area contributed by atoms with Gasteiger partial charge in [0.05, 0.1) is 9.77 Å². The van der Waals surface area contributed by atoms with Crippen LogP contribution in [0.15, 0.2) is 21.4 Å². The monoisotopic (exact) mass is 370 g/mol. The number of rotatable bonds is 2. The van der Waals surface area contributed by atoms with Crippen molar-refractivity contribution in [3.63, 3.8) is 0 Å². The Morgan fingerprint density at radius 3 is 2.46 bits per heavy atom. The van der Waals surface area contributed by atoms with Gasteiger partial charge in [0, 0.05) is 5.41 Å². The van der Waals surface area contributed by atoms with Crippen LogP contribution < -0.4 is 5.32 Å². The second-order valence-electron chi connectivity index (χ2n) is 7.70. The molecule has 0 saturated carbocycles. The largest absolute Gasteiger partial charge is 0.439 e. The van der Waals surface area contributed by atoms with Gasteiger partial charge in [0.1, 0.15) is 10.4 Å². The van der Waals surface area contributed by atoms with E-state index in [9.17, 15) is 8.42 Å². The zero-order valence-corrected chi connectivity index (χ0v) is 16.0. The molecule has 1 aliphatic rings. The number of nitrogens with one attached hydrogen (secondary N) is 1. The molecule has 3 rings (SSSR count). The lowest BCUT2D eigenvalue weighted by Gasteiger charge is -2.33. The smallest absolute Gasteiger partial charge is 0.200 e. The summed E-state index contributed by atoms with van der Waals surface area (Å²) in [5, 5.41) is 3.40. The molecular weight excluding hydrogens is 348 g/mol. The van der Waals surface area contributed by atoms with Crippen LogP contribution in [0.5, 0.6) is 0 Å². The lowest BCUT2D eigenvalue weighted by Crippen LogP contribution is -2.45. The van der Waals surface area contributed by atoms with Crippen molar-refractivity contribution in [2.24, 2.45) is 0 Å². The van der Waals surface area contributed by atoms with Crippen molar-refractivity contribution in [1.29, 1.82) is 0 Å². The van der Waals surface area contributed by atoms with E-state index in [1.165, 1.54) is 0 Å². The van der Waals surface area contributed by atoms with E-state index in [-0.39, 0.29) is 20.9 Å². The maximum atomic E-state index is 13.4. The number of benzene rings is 1. The fourth-order valence-corrected chi connectivity index (χ4v) is 5.39. The number of hydrogen-bond acceptors (Lipinski definition) is 5. The van der Waals surface area contributed by atoms with E-state index >= 15 is 0 Å². The summed E-state index contributed by atoms with van der Waals surface area (Å²) >= 11 is 6.31. The van der Waals surface area contributed by atoms with Gasteiger partial charge in [-0.1, -0.05) is 32.4 Å². The van der Waals surface area contributed by atoms with Gasteiger partial charge >= 0.3 is 0 Å². The van der Waals surface area contributed by atoms with Gasteiger partial charge < -0.3 is 9.73 Å². The number of piperidine rings is 1. The number of fused-ring (bicyclic) bond motifs is 1. The molecule has 132 valence electrons. The van der Waals surface area contributed by atoms with E-state index in [2.05, 4.69) is 10.3 Å². The van der Waals surface area contributed by atoms with Crippen molar-refractivity contribution in [1.82, 2.24) is 10.3 Å². The maximum Gasteiger partial charge on any atom is 0.200 e. The molecule has 2 aromatic rings. The van der Waals surface area contributed by atoms with E-state index in [0.717, 1.165) is 0 Å². The molecule has 1 aromatic heterocycles. The van der Waals surface area contributed by atoms with Crippen LogP contribution in [0, 0.1) is 0 Å². The summed E-state index contributed by atoms with van der Waals surface area (Å²) in [6.07, 6.45) is 1.09. The van der Waals surface area contributed by atoms with Gasteiger partial charge in [0.2, 0.25) is 5.89 Å². The highest BCUT2D eigenvalue weighted by atomic mass is 35.5. The molecule has 0 unspecified atom stereocenters. The standard InChI is InChI=1S/C17H23ClN2O3S/c1-16(2,3)15-20-12-6-5-11(18)14(13(12)23-15)24(21,22)17(4)7-9-19-10-8-17/h5-6,19H,7-10H2,1-4H3. The second kappa shape index (κ2) is 5.71. The lowest BCUT2D eigenvalue weighted by atomic mass is 9.97. The fourth-order valence-electron chi connectivity index (χ4n) is 2.99. The average molecular weight is 371 g/mol. The Morgan fingerprint density at radius 1 is 1.25 bits per heavy atom. The molecule has 1 aromatic carbocycles. The van der Waals surface area contributed by atoms with Crippen molar-refractivity contribution in [3.05, 3.63) is 23.0 Å². The lowest BCUT2D eigenvalue weighted by molar-refractivity contribution is 0.402. The van der Waals surface area contributed by atoms with Crippen LogP contribution in [-0.2, 0) is 15.3 Å². The molecule has 1 aliphatic heterocycles. The predicted octanol–water partition coefficient (Wildman–Crippen LogP) is 3.69. The Hall–Kier alpha value is -1.11. The Kier molecular flexibility index (Phi) is 4.21. The van der Waals surface area contributed by atoms with Gasteiger partial charge in [0.25, 0.3) is 0 Å². The summed E-state index contributed by atoms with van der Waals surface area (Å²) < 4.78 is 31.8. The molecule has 2 heterocycles. The first-order chi connectivity index (χ1) is 11.1. The van der Waals surface area contributed by atoms with Gasteiger partial charge in [-0.15, -0.1) is 0 Å². The Bertz CT molecular complexity index is 875. The fraction of sp³-hybridized carbons (Fsp3) is 0.588. The average Bonchev–Trinajstić information content (AvgIpc) is 2.91. The third-order valence-corrected chi connectivity index (χ3v) is 7.76. The first-order valence-corrected chi connectivity index (χ1v) is 9.97. The summed E-state index contributed by atoms with van der Waals surface area (Å²) in [6.45, 7) is 9.06. The third kappa shape index (κ3) is 2.74. The van der Waals surface area contributed by atoms with Gasteiger partial charge in [-0.25, -0.2) is 13.4 Å². The SMILES string of the molecule is CC(C)(C)c1nc2ccc(Cl)c(S(=O)(=O)C3(C)CCNCC3)c2o1. The Labute approximate surface area is 147 Å². The van der Waals surface area contributed by atoms with Crippen LogP contribution in [0.1, 0.15) is 46.4 Å². The highest BCUT2D eigenvalue weighted by Crippen LogP contribution is 2.41. The highest BCUT2D eigenvalue weighted by Gasteiger charge is 2.44. The van der Waals surface area contributed by atoms with Crippen molar-refractivity contribution in [2.75, 3.05) is 13.1 Å². The molecule has 0 spiro atoms. The molecular formula is C17H23ClN2O3S. The normalized spacial score (nSPS) is 18.9. The molecule has 1 N–H and O–H groups in total. The van der Waals surface area contributed by atoms with Crippen LogP contribution in [0.2, 0.25) is 5.02 Å². The Balaban J connectivity index is 2.25. The van der Waals surface area contributed by atoms with E-state index in [1.54, 1.807) is 19.1 Å². The number of sulfone groups is 1. The van der Waals surface area contributed by atoms with E-state index in [0.29, 0.717) is 37.3 Å². The van der Waals surface area contributed by atoms with Crippen molar-refractivity contribution in [3.8, 4) is 0 Å². The molecule has 7 heteroatoms. The number of hydrogen-bond donors (Lipinski definition) is 1. The van der Waals surface area contributed by atoms with Crippen LogP contribution in [0.4, 0.5) is 0 Å². The first-order valence-electron chi connectivity index (χ1n) is 8.11. The molecule has 5 nitrogen and oxygen atoms in total. The number of oxazole rings is 1.